The number of ketones is 1. The Labute approximate surface area is 165 Å². The fraction of sp³-hybridized carbons (Fsp3) is 0.238. The summed E-state index contributed by atoms with van der Waals surface area (Å²) in [6, 6.07) is 12.9. The molecule has 1 fully saturated rings. The molecule has 0 aliphatic heterocycles. The quantitative estimate of drug-likeness (QED) is 0.442. The van der Waals surface area contributed by atoms with Gasteiger partial charge in [0.2, 0.25) is 0 Å². The van der Waals surface area contributed by atoms with Crippen molar-refractivity contribution in [2.24, 2.45) is 0 Å². The molecule has 27 heavy (non-hydrogen) atoms. The minimum Gasteiger partial charge on any atom is -0.612 e. The van der Waals surface area contributed by atoms with Gasteiger partial charge in [-0.2, -0.15) is 0 Å². The molecular weight excluding hydrogens is 382 g/mol. The van der Waals surface area contributed by atoms with Crippen LogP contribution in [0.2, 0.25) is 5.02 Å². The van der Waals surface area contributed by atoms with E-state index in [1.165, 1.54) is 6.20 Å². The lowest BCUT2D eigenvalue weighted by molar-refractivity contribution is 0.103. The zero-order valence-electron chi connectivity index (χ0n) is 14.8. The summed E-state index contributed by atoms with van der Waals surface area (Å²) >= 11 is 5.18. The van der Waals surface area contributed by atoms with Crippen molar-refractivity contribution in [3.8, 4) is 0 Å². The summed E-state index contributed by atoms with van der Waals surface area (Å²) < 4.78 is 17.3. The SMILES string of the molecule is C[S+]([O-])c1ccc(C(=O)c2cnoc2C2CC2)c(Cc2ccccc2Cl)c1. The summed E-state index contributed by atoms with van der Waals surface area (Å²) in [5.41, 5.74) is 2.79. The normalized spacial score (nSPS) is 14.9. The van der Waals surface area contributed by atoms with Gasteiger partial charge in [0.15, 0.2) is 16.4 Å². The first-order valence-corrected chi connectivity index (χ1v) is 10.7. The summed E-state index contributed by atoms with van der Waals surface area (Å²) in [6.07, 6.45) is 5.66. The number of hydrogen-bond donors (Lipinski definition) is 0. The van der Waals surface area contributed by atoms with E-state index in [4.69, 9.17) is 16.1 Å². The number of nitrogens with zero attached hydrogens (tertiary/aromatic N) is 1. The number of aromatic nitrogens is 1. The summed E-state index contributed by atoms with van der Waals surface area (Å²) in [5.74, 6) is 0.848. The van der Waals surface area contributed by atoms with Crippen LogP contribution in [0.4, 0.5) is 0 Å². The Kier molecular flexibility index (Phi) is 5.08. The van der Waals surface area contributed by atoms with Gasteiger partial charge in [-0.15, -0.1) is 0 Å². The molecule has 4 nitrogen and oxygen atoms in total. The molecule has 0 amide bonds. The third-order valence-corrected chi connectivity index (χ3v) is 6.07. The van der Waals surface area contributed by atoms with Crippen LogP contribution in [0.15, 0.2) is 58.1 Å². The molecule has 1 aliphatic rings. The maximum Gasteiger partial charge on any atom is 0.198 e. The topological polar surface area (TPSA) is 66.2 Å². The molecule has 1 saturated carbocycles. The molecule has 1 unspecified atom stereocenters. The highest BCUT2D eigenvalue weighted by Crippen LogP contribution is 2.42. The van der Waals surface area contributed by atoms with Crippen molar-refractivity contribution in [2.45, 2.75) is 30.1 Å². The van der Waals surface area contributed by atoms with Crippen LogP contribution in [0, 0.1) is 0 Å². The molecule has 1 aliphatic carbocycles. The van der Waals surface area contributed by atoms with Gasteiger partial charge in [0.05, 0.1) is 11.8 Å². The highest BCUT2D eigenvalue weighted by atomic mass is 35.5. The number of carbonyl (C=O) groups excluding carboxylic acids is 1. The van der Waals surface area contributed by atoms with Crippen LogP contribution in [-0.2, 0) is 17.6 Å². The first-order valence-electron chi connectivity index (χ1n) is 8.73. The van der Waals surface area contributed by atoms with Gasteiger partial charge in [-0.25, -0.2) is 0 Å². The Hall–Kier alpha value is -2.08. The Morgan fingerprint density at radius 3 is 2.70 bits per heavy atom. The fourth-order valence-electron chi connectivity index (χ4n) is 3.17. The van der Waals surface area contributed by atoms with Crippen LogP contribution in [0.1, 0.15) is 51.6 Å². The number of benzene rings is 2. The molecule has 0 bridgehead atoms. The lowest BCUT2D eigenvalue weighted by atomic mass is 9.94. The second-order valence-corrected chi connectivity index (χ2v) is 8.54. The molecule has 0 radical (unpaired) electrons. The summed E-state index contributed by atoms with van der Waals surface area (Å²) in [4.78, 5) is 13.9. The zero-order chi connectivity index (χ0) is 19.0. The Balaban J connectivity index is 1.76. The molecule has 0 saturated heterocycles. The molecule has 3 aromatic rings. The van der Waals surface area contributed by atoms with Crippen LogP contribution >= 0.6 is 11.6 Å². The van der Waals surface area contributed by atoms with Gasteiger partial charge < -0.3 is 9.08 Å². The highest BCUT2D eigenvalue weighted by molar-refractivity contribution is 7.90. The van der Waals surface area contributed by atoms with Crippen LogP contribution in [-0.4, -0.2) is 21.7 Å². The van der Waals surface area contributed by atoms with Gasteiger partial charge in [-0.05, 0) is 65.8 Å². The molecule has 0 spiro atoms. The zero-order valence-corrected chi connectivity index (χ0v) is 16.3. The van der Waals surface area contributed by atoms with E-state index in [0.717, 1.165) is 24.0 Å². The van der Waals surface area contributed by atoms with Crippen LogP contribution in [0.25, 0.3) is 0 Å². The van der Waals surface area contributed by atoms with Gasteiger partial charge in [-0.3, -0.25) is 4.79 Å². The Morgan fingerprint density at radius 1 is 1.22 bits per heavy atom. The molecule has 6 heteroatoms. The second kappa shape index (κ2) is 7.50. The van der Waals surface area contributed by atoms with E-state index in [2.05, 4.69) is 5.16 Å². The predicted molar refractivity (Wildman–Crippen MR) is 105 cm³/mol. The average molecular weight is 400 g/mol. The second-order valence-electron chi connectivity index (χ2n) is 6.75. The van der Waals surface area contributed by atoms with Crippen molar-refractivity contribution >= 4 is 28.6 Å². The lowest BCUT2D eigenvalue weighted by Crippen LogP contribution is -2.09. The van der Waals surface area contributed by atoms with Crippen molar-refractivity contribution in [3.63, 3.8) is 0 Å². The van der Waals surface area contributed by atoms with Crippen LogP contribution in [0.5, 0.6) is 0 Å². The van der Waals surface area contributed by atoms with Gasteiger partial charge >= 0.3 is 0 Å². The van der Waals surface area contributed by atoms with Crippen molar-refractivity contribution in [3.05, 3.63) is 81.7 Å². The van der Waals surface area contributed by atoms with Gasteiger partial charge in [-0.1, -0.05) is 35.0 Å². The first kappa shape index (κ1) is 18.3. The third kappa shape index (κ3) is 3.81. The number of carbonyl (C=O) groups is 1. The minimum absolute atomic E-state index is 0.117. The predicted octanol–water partition coefficient (Wildman–Crippen LogP) is 4.76. The van der Waals surface area contributed by atoms with E-state index in [1.54, 1.807) is 18.4 Å². The Bertz CT molecular complexity index is 995. The standard InChI is InChI=1S/C21H18ClNO3S/c1-27(25)16-8-9-17(15(11-16)10-14-4-2-3-5-19(14)22)20(24)18-12-23-26-21(18)13-6-7-13/h2-5,8-9,11-13H,6-7,10H2,1H3. The molecule has 0 N–H and O–H groups in total. The average Bonchev–Trinajstić information content (AvgIpc) is 3.39. The first-order chi connectivity index (χ1) is 13.0. The van der Waals surface area contributed by atoms with Crippen LogP contribution in [0.3, 0.4) is 0 Å². The summed E-state index contributed by atoms with van der Waals surface area (Å²) in [5, 5.41) is 4.48. The smallest absolute Gasteiger partial charge is 0.198 e. The van der Waals surface area contributed by atoms with Crippen molar-refractivity contribution in [2.75, 3.05) is 6.26 Å². The van der Waals surface area contributed by atoms with E-state index in [-0.39, 0.29) is 5.78 Å². The minimum atomic E-state index is -1.14. The Morgan fingerprint density at radius 2 is 2.00 bits per heavy atom. The van der Waals surface area contributed by atoms with Crippen molar-refractivity contribution < 1.29 is 13.9 Å². The van der Waals surface area contributed by atoms with Gasteiger partial charge in [0.1, 0.15) is 6.26 Å². The fourth-order valence-corrected chi connectivity index (χ4v) is 3.94. The molecule has 2 aromatic carbocycles. The molecular formula is C21H18ClNO3S. The summed E-state index contributed by atoms with van der Waals surface area (Å²) in [7, 11) is 0. The van der Waals surface area contributed by atoms with E-state index in [9.17, 15) is 9.35 Å². The highest BCUT2D eigenvalue weighted by Gasteiger charge is 2.33. The van der Waals surface area contributed by atoms with E-state index in [1.807, 2.05) is 30.3 Å². The number of hydrogen-bond acceptors (Lipinski definition) is 4. The molecule has 138 valence electrons. The van der Waals surface area contributed by atoms with Crippen LogP contribution < -0.4 is 0 Å². The van der Waals surface area contributed by atoms with Crippen molar-refractivity contribution in [1.82, 2.24) is 5.16 Å². The maximum absolute atomic E-state index is 13.2. The summed E-state index contributed by atoms with van der Waals surface area (Å²) in [6.45, 7) is 0. The van der Waals surface area contributed by atoms with E-state index >= 15 is 0 Å². The van der Waals surface area contributed by atoms with E-state index in [0.29, 0.717) is 39.1 Å². The molecule has 1 aromatic heterocycles. The lowest BCUT2D eigenvalue weighted by Gasteiger charge is -2.12. The van der Waals surface area contributed by atoms with Gasteiger partial charge in [0, 0.05) is 16.5 Å². The number of halogens is 1. The number of rotatable bonds is 6. The molecule has 1 atom stereocenters. The monoisotopic (exact) mass is 399 g/mol. The van der Waals surface area contributed by atoms with E-state index < -0.39 is 11.2 Å². The largest absolute Gasteiger partial charge is 0.612 e. The maximum atomic E-state index is 13.2. The third-order valence-electron chi connectivity index (χ3n) is 4.78. The molecule has 4 rings (SSSR count). The molecule has 1 heterocycles. The van der Waals surface area contributed by atoms with Gasteiger partial charge in [0.25, 0.3) is 0 Å². The van der Waals surface area contributed by atoms with Crippen molar-refractivity contribution in [1.29, 1.82) is 0 Å².